The lowest BCUT2D eigenvalue weighted by molar-refractivity contribution is -0.123. The number of carbonyl (C=O) groups is 1. The molecule has 5 heteroatoms. The van der Waals surface area contributed by atoms with E-state index in [-0.39, 0.29) is 24.9 Å². The number of hydrogen-bond donors (Lipinski definition) is 2. The molecular weight excluding hydrogens is 271 g/mol. The first-order valence-corrected chi connectivity index (χ1v) is 6.60. The second kappa shape index (κ2) is 7.28. The van der Waals surface area contributed by atoms with Crippen LogP contribution in [0.1, 0.15) is 5.56 Å². The van der Waals surface area contributed by atoms with Gasteiger partial charge in [0.1, 0.15) is 11.6 Å². The summed E-state index contributed by atoms with van der Waals surface area (Å²) in [5.74, 6) is -0.0210. The van der Waals surface area contributed by atoms with Crippen molar-refractivity contribution < 1.29 is 13.9 Å². The van der Waals surface area contributed by atoms with E-state index in [9.17, 15) is 9.18 Å². The van der Waals surface area contributed by atoms with Crippen molar-refractivity contribution in [1.29, 1.82) is 0 Å². The van der Waals surface area contributed by atoms with Gasteiger partial charge in [0, 0.05) is 24.8 Å². The zero-order chi connectivity index (χ0) is 15.1. The number of halogens is 1. The second-order valence-electron chi connectivity index (χ2n) is 4.43. The maximum atomic E-state index is 13.4. The van der Waals surface area contributed by atoms with E-state index in [2.05, 4.69) is 10.6 Å². The van der Waals surface area contributed by atoms with Crippen LogP contribution in [0, 0.1) is 5.82 Å². The number of nitrogens with one attached hydrogen (secondary N) is 2. The Morgan fingerprint density at radius 3 is 2.52 bits per heavy atom. The van der Waals surface area contributed by atoms with E-state index in [1.54, 1.807) is 30.3 Å². The van der Waals surface area contributed by atoms with Gasteiger partial charge in [-0.15, -0.1) is 0 Å². The average Bonchev–Trinajstić information content (AvgIpc) is 2.52. The quantitative estimate of drug-likeness (QED) is 0.859. The lowest BCUT2D eigenvalue weighted by Crippen LogP contribution is -2.28. The molecule has 0 saturated carbocycles. The molecule has 110 valence electrons. The molecule has 2 N–H and O–H groups in total. The number of benzene rings is 2. The van der Waals surface area contributed by atoms with Crippen molar-refractivity contribution in [3.05, 3.63) is 59.9 Å². The number of carbonyl (C=O) groups excluding carboxylic acids is 1. The van der Waals surface area contributed by atoms with Gasteiger partial charge in [0.25, 0.3) is 5.91 Å². The van der Waals surface area contributed by atoms with Crippen molar-refractivity contribution >= 4 is 11.6 Å². The maximum absolute atomic E-state index is 13.4. The molecule has 0 spiro atoms. The molecule has 0 radical (unpaired) electrons. The van der Waals surface area contributed by atoms with Crippen LogP contribution in [0.2, 0.25) is 0 Å². The van der Waals surface area contributed by atoms with Crippen LogP contribution in [0.25, 0.3) is 0 Å². The molecule has 0 fully saturated rings. The normalized spacial score (nSPS) is 10.0. The molecule has 0 aliphatic rings. The van der Waals surface area contributed by atoms with E-state index in [1.807, 2.05) is 19.2 Å². The van der Waals surface area contributed by atoms with Crippen LogP contribution in [0.4, 0.5) is 10.1 Å². The summed E-state index contributed by atoms with van der Waals surface area (Å²) in [6, 6.07) is 13.6. The van der Waals surface area contributed by atoms with E-state index in [0.29, 0.717) is 11.3 Å². The minimum Gasteiger partial charge on any atom is -0.484 e. The molecule has 0 unspecified atom stereocenters. The van der Waals surface area contributed by atoms with Gasteiger partial charge in [0.15, 0.2) is 6.61 Å². The van der Waals surface area contributed by atoms with Gasteiger partial charge >= 0.3 is 0 Å². The largest absolute Gasteiger partial charge is 0.484 e. The Morgan fingerprint density at radius 1 is 1.14 bits per heavy atom. The van der Waals surface area contributed by atoms with Crippen LogP contribution >= 0.6 is 0 Å². The molecule has 0 heterocycles. The van der Waals surface area contributed by atoms with Crippen molar-refractivity contribution in [3.63, 3.8) is 0 Å². The zero-order valence-electron chi connectivity index (χ0n) is 11.7. The number of hydrogen-bond acceptors (Lipinski definition) is 3. The molecule has 0 saturated heterocycles. The fourth-order valence-corrected chi connectivity index (χ4v) is 1.75. The van der Waals surface area contributed by atoms with Crippen LogP contribution < -0.4 is 15.4 Å². The summed E-state index contributed by atoms with van der Waals surface area (Å²) in [5.41, 5.74) is 1.41. The first-order chi connectivity index (χ1) is 10.2. The summed E-state index contributed by atoms with van der Waals surface area (Å²) < 4.78 is 18.7. The summed E-state index contributed by atoms with van der Waals surface area (Å²) in [6.45, 7) is 0.0426. The Bertz CT molecular complexity index is 599. The first-order valence-electron chi connectivity index (χ1n) is 6.60. The zero-order valence-corrected chi connectivity index (χ0v) is 11.7. The van der Waals surface area contributed by atoms with Crippen molar-refractivity contribution in [3.8, 4) is 5.75 Å². The lowest BCUT2D eigenvalue weighted by atomic mass is 10.2. The minimum atomic E-state index is -0.332. The molecule has 0 aliphatic carbocycles. The molecule has 0 atom stereocenters. The fraction of sp³-hybridized carbons (Fsp3) is 0.188. The van der Waals surface area contributed by atoms with Crippen molar-refractivity contribution in [2.24, 2.45) is 0 Å². The summed E-state index contributed by atoms with van der Waals surface area (Å²) in [6.07, 6.45) is 0. The Hall–Kier alpha value is -2.56. The molecule has 4 nitrogen and oxygen atoms in total. The van der Waals surface area contributed by atoms with Gasteiger partial charge in [-0.1, -0.05) is 18.2 Å². The molecule has 2 rings (SSSR count). The van der Waals surface area contributed by atoms with E-state index in [4.69, 9.17) is 4.74 Å². The maximum Gasteiger partial charge on any atom is 0.258 e. The van der Waals surface area contributed by atoms with E-state index < -0.39 is 0 Å². The molecule has 1 amide bonds. The summed E-state index contributed by atoms with van der Waals surface area (Å²) in [4.78, 5) is 11.7. The van der Waals surface area contributed by atoms with Gasteiger partial charge in [-0.3, -0.25) is 4.79 Å². The van der Waals surface area contributed by atoms with E-state index >= 15 is 0 Å². The second-order valence-corrected chi connectivity index (χ2v) is 4.43. The van der Waals surface area contributed by atoms with Gasteiger partial charge in [0.2, 0.25) is 0 Å². The third kappa shape index (κ3) is 4.49. The van der Waals surface area contributed by atoms with Crippen LogP contribution in [0.3, 0.4) is 0 Å². The van der Waals surface area contributed by atoms with Gasteiger partial charge < -0.3 is 15.4 Å². The molecule has 0 aliphatic heterocycles. The standard InChI is InChI=1S/C16H17FN2O2/c1-18-13-6-8-14(9-7-13)21-11-16(20)19-10-12-4-2-3-5-15(12)17/h2-9,18H,10-11H2,1H3,(H,19,20). The molecular formula is C16H17FN2O2. The topological polar surface area (TPSA) is 50.4 Å². The summed E-state index contributed by atoms with van der Waals surface area (Å²) in [7, 11) is 1.83. The number of ether oxygens (including phenoxy) is 1. The number of anilines is 1. The van der Waals surface area contributed by atoms with Crippen molar-refractivity contribution in [2.45, 2.75) is 6.54 Å². The van der Waals surface area contributed by atoms with Gasteiger partial charge in [0.05, 0.1) is 0 Å². The van der Waals surface area contributed by atoms with Crippen LogP contribution in [0.5, 0.6) is 5.75 Å². The van der Waals surface area contributed by atoms with Gasteiger partial charge in [-0.05, 0) is 30.3 Å². The minimum absolute atomic E-state index is 0.104. The van der Waals surface area contributed by atoms with Gasteiger partial charge in [-0.25, -0.2) is 4.39 Å². The lowest BCUT2D eigenvalue weighted by Gasteiger charge is -2.08. The Balaban J connectivity index is 1.78. The molecule has 21 heavy (non-hydrogen) atoms. The summed E-state index contributed by atoms with van der Waals surface area (Å²) >= 11 is 0. The third-order valence-electron chi connectivity index (χ3n) is 2.95. The Kier molecular flexibility index (Phi) is 5.15. The van der Waals surface area contributed by atoms with Gasteiger partial charge in [-0.2, -0.15) is 0 Å². The van der Waals surface area contributed by atoms with Crippen LogP contribution in [-0.2, 0) is 11.3 Å². The Morgan fingerprint density at radius 2 is 1.86 bits per heavy atom. The SMILES string of the molecule is CNc1ccc(OCC(=O)NCc2ccccc2F)cc1. The van der Waals surface area contributed by atoms with Crippen LogP contribution in [0.15, 0.2) is 48.5 Å². The molecule has 0 bridgehead atoms. The highest BCUT2D eigenvalue weighted by Gasteiger charge is 2.05. The van der Waals surface area contributed by atoms with Crippen molar-refractivity contribution in [2.75, 3.05) is 19.0 Å². The highest BCUT2D eigenvalue weighted by Crippen LogP contribution is 2.14. The van der Waals surface area contributed by atoms with E-state index in [0.717, 1.165) is 5.69 Å². The van der Waals surface area contributed by atoms with Crippen LogP contribution in [-0.4, -0.2) is 19.6 Å². The number of amides is 1. The molecule has 0 aromatic heterocycles. The summed E-state index contributed by atoms with van der Waals surface area (Å²) in [5, 5.41) is 5.61. The highest BCUT2D eigenvalue weighted by molar-refractivity contribution is 5.77. The Labute approximate surface area is 122 Å². The highest BCUT2D eigenvalue weighted by atomic mass is 19.1. The molecule has 2 aromatic rings. The molecule has 2 aromatic carbocycles. The third-order valence-corrected chi connectivity index (χ3v) is 2.95. The monoisotopic (exact) mass is 288 g/mol. The first kappa shape index (κ1) is 14.8. The van der Waals surface area contributed by atoms with E-state index in [1.165, 1.54) is 6.07 Å². The number of rotatable bonds is 6. The fourth-order valence-electron chi connectivity index (χ4n) is 1.75. The average molecular weight is 288 g/mol. The smallest absolute Gasteiger partial charge is 0.258 e. The van der Waals surface area contributed by atoms with Crippen molar-refractivity contribution in [1.82, 2.24) is 5.32 Å². The predicted molar refractivity (Wildman–Crippen MR) is 79.7 cm³/mol. The predicted octanol–water partition coefficient (Wildman–Crippen LogP) is 2.56.